The maximum atomic E-state index is 13.1. The molecule has 0 saturated heterocycles. The number of para-hydroxylation sites is 1. The van der Waals surface area contributed by atoms with Crippen LogP contribution in [0.2, 0.25) is 0 Å². The van der Waals surface area contributed by atoms with E-state index in [0.717, 1.165) is 18.2 Å². The minimum Gasteiger partial charge on any atom is -0.507 e. The summed E-state index contributed by atoms with van der Waals surface area (Å²) in [6, 6.07) is 8.71. The molecule has 6 heteroatoms. The number of carbonyl (C=O) groups excluding carboxylic acids is 1. The molecule has 0 saturated carbocycles. The standard InChI is InChI=1S/C14H10FNO4/c15-8-5-6-12(17)10(7-8)13(18)16-11-4-2-1-3-9(11)14(19)20/h1-7,17H,(H,16,18)(H,19,20). The Balaban J connectivity index is 2.33. The molecule has 0 atom stereocenters. The molecule has 102 valence electrons. The fourth-order valence-corrected chi connectivity index (χ4v) is 1.66. The Hall–Kier alpha value is -2.89. The number of anilines is 1. The highest BCUT2D eigenvalue weighted by Gasteiger charge is 2.16. The average Bonchev–Trinajstić information content (AvgIpc) is 2.41. The maximum absolute atomic E-state index is 13.1. The Labute approximate surface area is 113 Å². The second-order valence-corrected chi connectivity index (χ2v) is 3.97. The lowest BCUT2D eigenvalue weighted by Gasteiger charge is -2.09. The SMILES string of the molecule is O=C(Nc1ccccc1C(=O)O)c1cc(F)ccc1O. The Morgan fingerprint density at radius 2 is 1.75 bits per heavy atom. The molecule has 2 rings (SSSR count). The first kappa shape index (κ1) is 13.5. The predicted molar refractivity (Wildman–Crippen MR) is 69.4 cm³/mol. The van der Waals surface area contributed by atoms with E-state index in [0.29, 0.717) is 0 Å². The van der Waals surface area contributed by atoms with Gasteiger partial charge in [0, 0.05) is 0 Å². The quantitative estimate of drug-likeness (QED) is 0.803. The van der Waals surface area contributed by atoms with Crippen LogP contribution < -0.4 is 5.32 Å². The van der Waals surface area contributed by atoms with Crippen molar-refractivity contribution >= 4 is 17.6 Å². The number of carboxylic acids is 1. The summed E-state index contributed by atoms with van der Waals surface area (Å²) in [6.45, 7) is 0. The second-order valence-electron chi connectivity index (χ2n) is 3.97. The molecule has 2 aromatic carbocycles. The average molecular weight is 275 g/mol. The number of phenolic OH excluding ortho intramolecular Hbond substituents is 1. The number of benzene rings is 2. The van der Waals surface area contributed by atoms with Crippen molar-refractivity contribution in [3.63, 3.8) is 0 Å². The number of nitrogens with one attached hydrogen (secondary N) is 1. The number of aromatic carboxylic acids is 1. The van der Waals surface area contributed by atoms with E-state index in [9.17, 15) is 19.1 Å². The lowest BCUT2D eigenvalue weighted by atomic mass is 10.1. The Morgan fingerprint density at radius 1 is 1.05 bits per heavy atom. The molecule has 0 aliphatic carbocycles. The molecule has 20 heavy (non-hydrogen) atoms. The summed E-state index contributed by atoms with van der Waals surface area (Å²) in [5, 5.41) is 20.8. The summed E-state index contributed by atoms with van der Waals surface area (Å²) in [7, 11) is 0. The second kappa shape index (κ2) is 5.40. The highest BCUT2D eigenvalue weighted by atomic mass is 19.1. The largest absolute Gasteiger partial charge is 0.507 e. The van der Waals surface area contributed by atoms with Crippen molar-refractivity contribution in [2.45, 2.75) is 0 Å². The maximum Gasteiger partial charge on any atom is 0.337 e. The van der Waals surface area contributed by atoms with E-state index in [1.54, 1.807) is 6.07 Å². The molecule has 0 spiro atoms. The van der Waals surface area contributed by atoms with Crippen molar-refractivity contribution in [1.29, 1.82) is 0 Å². The summed E-state index contributed by atoms with van der Waals surface area (Å²) in [5.41, 5.74) is -0.310. The molecule has 1 amide bonds. The highest BCUT2D eigenvalue weighted by molar-refractivity contribution is 6.09. The van der Waals surface area contributed by atoms with Gasteiger partial charge < -0.3 is 15.5 Å². The number of carboxylic acid groups (broad SMARTS) is 1. The van der Waals surface area contributed by atoms with Crippen molar-refractivity contribution in [3.05, 3.63) is 59.4 Å². The third-order valence-corrected chi connectivity index (χ3v) is 2.61. The number of halogens is 1. The van der Waals surface area contributed by atoms with Crippen LogP contribution in [0.25, 0.3) is 0 Å². The van der Waals surface area contributed by atoms with Gasteiger partial charge >= 0.3 is 5.97 Å². The first-order chi connectivity index (χ1) is 9.49. The molecule has 0 aromatic heterocycles. The Morgan fingerprint density at radius 3 is 2.45 bits per heavy atom. The molecular formula is C14H10FNO4. The van der Waals surface area contributed by atoms with E-state index in [2.05, 4.69) is 5.32 Å². The van der Waals surface area contributed by atoms with E-state index in [4.69, 9.17) is 5.11 Å². The summed E-state index contributed by atoms with van der Waals surface area (Å²) in [6.07, 6.45) is 0. The lowest BCUT2D eigenvalue weighted by Crippen LogP contribution is -2.15. The summed E-state index contributed by atoms with van der Waals surface area (Å²) in [4.78, 5) is 22.9. The van der Waals surface area contributed by atoms with Crippen LogP contribution in [-0.2, 0) is 0 Å². The molecule has 3 N–H and O–H groups in total. The van der Waals surface area contributed by atoms with Gasteiger partial charge in [-0.3, -0.25) is 4.79 Å². The van der Waals surface area contributed by atoms with E-state index < -0.39 is 23.4 Å². The van der Waals surface area contributed by atoms with Crippen LogP contribution in [0.3, 0.4) is 0 Å². The molecule has 0 aliphatic rings. The van der Waals surface area contributed by atoms with E-state index in [1.807, 2.05) is 0 Å². The fraction of sp³-hybridized carbons (Fsp3) is 0. The van der Waals surface area contributed by atoms with Crippen LogP contribution >= 0.6 is 0 Å². The molecule has 5 nitrogen and oxygen atoms in total. The zero-order valence-corrected chi connectivity index (χ0v) is 10.1. The number of carbonyl (C=O) groups is 2. The zero-order chi connectivity index (χ0) is 14.7. The Bertz CT molecular complexity index is 685. The van der Waals surface area contributed by atoms with Crippen LogP contribution in [-0.4, -0.2) is 22.1 Å². The van der Waals surface area contributed by atoms with Gasteiger partial charge in [-0.15, -0.1) is 0 Å². The topological polar surface area (TPSA) is 86.6 Å². The third-order valence-electron chi connectivity index (χ3n) is 2.61. The molecule has 2 aromatic rings. The fourth-order valence-electron chi connectivity index (χ4n) is 1.66. The van der Waals surface area contributed by atoms with Crippen LogP contribution in [0, 0.1) is 5.82 Å². The predicted octanol–water partition coefficient (Wildman–Crippen LogP) is 2.48. The van der Waals surface area contributed by atoms with Gasteiger partial charge in [-0.25, -0.2) is 9.18 Å². The molecule has 0 fully saturated rings. The van der Waals surface area contributed by atoms with Crippen LogP contribution in [0.1, 0.15) is 20.7 Å². The number of amides is 1. The molecule has 0 heterocycles. The van der Waals surface area contributed by atoms with Gasteiger partial charge in [0.25, 0.3) is 5.91 Å². The number of hydrogen-bond donors (Lipinski definition) is 3. The number of hydrogen-bond acceptors (Lipinski definition) is 3. The number of phenols is 1. The number of rotatable bonds is 3. The third kappa shape index (κ3) is 2.74. The molecule has 0 aliphatic heterocycles. The van der Waals surface area contributed by atoms with Gasteiger partial charge in [-0.1, -0.05) is 12.1 Å². The minimum atomic E-state index is -1.20. The van der Waals surface area contributed by atoms with Gasteiger partial charge in [-0.2, -0.15) is 0 Å². The van der Waals surface area contributed by atoms with Crippen LogP contribution in [0.15, 0.2) is 42.5 Å². The molecule has 0 radical (unpaired) electrons. The summed E-state index contributed by atoms with van der Waals surface area (Å²) >= 11 is 0. The van der Waals surface area contributed by atoms with Crippen LogP contribution in [0.5, 0.6) is 5.75 Å². The van der Waals surface area contributed by atoms with Crippen molar-refractivity contribution < 1.29 is 24.2 Å². The van der Waals surface area contributed by atoms with Crippen LogP contribution in [0.4, 0.5) is 10.1 Å². The first-order valence-electron chi connectivity index (χ1n) is 5.61. The zero-order valence-electron chi connectivity index (χ0n) is 10.1. The minimum absolute atomic E-state index is 0.0636. The Kier molecular flexibility index (Phi) is 3.65. The van der Waals surface area contributed by atoms with Gasteiger partial charge in [-0.05, 0) is 30.3 Å². The smallest absolute Gasteiger partial charge is 0.337 e. The van der Waals surface area contributed by atoms with Gasteiger partial charge in [0.15, 0.2) is 0 Å². The van der Waals surface area contributed by atoms with Gasteiger partial charge in [0.05, 0.1) is 16.8 Å². The van der Waals surface area contributed by atoms with E-state index >= 15 is 0 Å². The highest BCUT2D eigenvalue weighted by Crippen LogP contribution is 2.21. The normalized spacial score (nSPS) is 10.1. The van der Waals surface area contributed by atoms with E-state index in [1.165, 1.54) is 18.2 Å². The summed E-state index contributed by atoms with van der Waals surface area (Å²) in [5.74, 6) is -3.07. The molecular weight excluding hydrogens is 265 g/mol. The molecule has 0 bridgehead atoms. The van der Waals surface area contributed by atoms with Gasteiger partial charge in [0.2, 0.25) is 0 Å². The van der Waals surface area contributed by atoms with E-state index in [-0.39, 0.29) is 16.8 Å². The first-order valence-corrected chi connectivity index (χ1v) is 5.61. The summed E-state index contributed by atoms with van der Waals surface area (Å²) < 4.78 is 13.1. The lowest BCUT2D eigenvalue weighted by molar-refractivity contribution is 0.0698. The van der Waals surface area contributed by atoms with Crippen molar-refractivity contribution in [1.82, 2.24) is 0 Å². The van der Waals surface area contributed by atoms with Crippen molar-refractivity contribution in [2.75, 3.05) is 5.32 Å². The van der Waals surface area contributed by atoms with Gasteiger partial charge in [0.1, 0.15) is 11.6 Å². The monoisotopic (exact) mass is 275 g/mol. The van der Waals surface area contributed by atoms with Crippen molar-refractivity contribution in [2.24, 2.45) is 0 Å². The molecule has 0 unspecified atom stereocenters. The number of aromatic hydroxyl groups is 1. The van der Waals surface area contributed by atoms with Crippen molar-refractivity contribution in [3.8, 4) is 5.75 Å².